The molecule has 0 aliphatic carbocycles. The molecule has 3 atom stereocenters. The Morgan fingerprint density at radius 1 is 0.889 bits per heavy atom. The van der Waals surface area contributed by atoms with Crippen molar-refractivity contribution in [1.82, 2.24) is 4.90 Å². The topological polar surface area (TPSA) is 85.3 Å². The second-order valence-corrected chi connectivity index (χ2v) is 12.7. The van der Waals surface area contributed by atoms with Crippen LogP contribution in [0, 0.1) is 5.92 Å². The van der Waals surface area contributed by atoms with E-state index >= 15 is 0 Å². The number of unbranched alkanes of at least 4 members (excludes halogenated alkanes) is 11. The predicted molar refractivity (Wildman–Crippen MR) is 148 cm³/mol. The van der Waals surface area contributed by atoms with Crippen molar-refractivity contribution in [3.05, 3.63) is 0 Å². The van der Waals surface area contributed by atoms with Crippen molar-refractivity contribution < 1.29 is 28.3 Å². The molecule has 0 aromatic carbocycles. The molecule has 8 heteroatoms. The summed E-state index contributed by atoms with van der Waals surface area (Å²) in [6, 6.07) is 0. The fourth-order valence-corrected chi connectivity index (χ4v) is 5.77. The Morgan fingerprint density at radius 3 is 2.00 bits per heavy atom. The summed E-state index contributed by atoms with van der Waals surface area (Å²) in [5, 5.41) is 0. The summed E-state index contributed by atoms with van der Waals surface area (Å²) in [6.45, 7) is 8.91. The van der Waals surface area contributed by atoms with Crippen LogP contribution < -0.4 is 0 Å². The minimum absolute atomic E-state index is 0.0940. The second kappa shape index (κ2) is 21.5. The van der Waals surface area contributed by atoms with Crippen molar-refractivity contribution >= 4 is 13.6 Å². The molecule has 214 valence electrons. The van der Waals surface area contributed by atoms with Crippen molar-refractivity contribution in [3.63, 3.8) is 0 Å². The Kier molecular flexibility index (Phi) is 20.0. The van der Waals surface area contributed by atoms with Gasteiger partial charge in [0.1, 0.15) is 6.10 Å². The first-order valence-electron chi connectivity index (χ1n) is 14.8. The summed E-state index contributed by atoms with van der Waals surface area (Å²) in [6.07, 6.45) is 19.0. The van der Waals surface area contributed by atoms with Crippen LogP contribution in [0.5, 0.6) is 0 Å². The van der Waals surface area contributed by atoms with Gasteiger partial charge in [-0.1, -0.05) is 90.9 Å². The summed E-state index contributed by atoms with van der Waals surface area (Å²) >= 11 is 0. The zero-order chi connectivity index (χ0) is 26.5. The highest BCUT2D eigenvalue weighted by Crippen LogP contribution is 2.41. The molecule has 0 amide bonds. The third-order valence-corrected chi connectivity index (χ3v) is 8.27. The number of likely N-dealkylation sites (tertiary alicyclic amines) is 1. The van der Waals surface area contributed by atoms with Crippen LogP contribution in [-0.4, -0.2) is 67.5 Å². The van der Waals surface area contributed by atoms with Gasteiger partial charge in [-0.2, -0.15) is 0 Å². The van der Waals surface area contributed by atoms with Gasteiger partial charge in [0.2, 0.25) is 0 Å². The fraction of sp³-hybridized carbons (Fsp3) is 0.964. The van der Waals surface area contributed by atoms with E-state index in [0.717, 1.165) is 32.4 Å². The Morgan fingerprint density at radius 2 is 1.44 bits per heavy atom. The van der Waals surface area contributed by atoms with Gasteiger partial charge in [-0.25, -0.2) is 0 Å². The molecule has 1 heterocycles. The molecule has 1 N–H and O–H groups in total. The van der Waals surface area contributed by atoms with Crippen LogP contribution >= 0.6 is 7.60 Å². The quantitative estimate of drug-likeness (QED) is 0.0815. The molecule has 36 heavy (non-hydrogen) atoms. The first-order chi connectivity index (χ1) is 17.3. The van der Waals surface area contributed by atoms with E-state index in [0.29, 0.717) is 19.1 Å². The number of nitrogens with zero attached hydrogens (tertiary/aromatic N) is 1. The third-order valence-electron chi connectivity index (χ3n) is 6.95. The molecule has 0 aromatic heterocycles. The maximum absolute atomic E-state index is 12.4. The van der Waals surface area contributed by atoms with Crippen molar-refractivity contribution in [2.75, 3.05) is 45.6 Å². The first-order valence-corrected chi connectivity index (χ1v) is 16.5. The Hall–Kier alpha value is -0.460. The van der Waals surface area contributed by atoms with E-state index in [2.05, 4.69) is 18.7 Å². The summed E-state index contributed by atoms with van der Waals surface area (Å²) in [4.78, 5) is 23.8. The zero-order valence-electron chi connectivity index (χ0n) is 23.6. The largest absolute Gasteiger partial charge is 0.458 e. The molecule has 3 unspecified atom stereocenters. The number of hydrogen-bond donors (Lipinski definition) is 1. The maximum Gasteiger partial charge on any atom is 0.329 e. The lowest BCUT2D eigenvalue weighted by atomic mass is 10.0. The maximum atomic E-state index is 12.4. The average Bonchev–Trinajstić information content (AvgIpc) is 3.35. The molecule has 0 saturated carbocycles. The van der Waals surface area contributed by atoms with Gasteiger partial charge in [0.15, 0.2) is 0 Å². The van der Waals surface area contributed by atoms with Gasteiger partial charge in [-0.05, 0) is 38.3 Å². The van der Waals surface area contributed by atoms with Crippen LogP contribution in [0.4, 0.5) is 0 Å². The van der Waals surface area contributed by atoms with Crippen LogP contribution in [0.2, 0.25) is 0 Å². The predicted octanol–water partition coefficient (Wildman–Crippen LogP) is 6.96. The van der Waals surface area contributed by atoms with Gasteiger partial charge < -0.3 is 23.8 Å². The SMILES string of the molecule is CCCCCCCCCCCCCCC(C)COCC(COP(=O)(O)CCN1CCCC1)OC(C)=O. The molecule has 1 fully saturated rings. The van der Waals surface area contributed by atoms with Crippen LogP contribution in [-0.2, 0) is 23.4 Å². The molecule has 0 bridgehead atoms. The van der Waals surface area contributed by atoms with Gasteiger partial charge in [0.05, 0.1) is 19.4 Å². The number of ether oxygens (including phenoxy) is 2. The van der Waals surface area contributed by atoms with Crippen molar-refractivity contribution in [1.29, 1.82) is 0 Å². The highest BCUT2D eigenvalue weighted by Gasteiger charge is 2.25. The standard InChI is InChI=1S/C28H56NO6P/c1-4-5-6-7-8-9-10-11-12-13-14-15-18-26(2)23-33-24-28(35-27(3)30)25-34-36(31,32)22-21-29-19-16-17-20-29/h26,28H,4-25H2,1-3H3,(H,31,32). The lowest BCUT2D eigenvalue weighted by Crippen LogP contribution is -2.29. The number of carbonyl (C=O) groups excluding carboxylic acids is 1. The molecule has 0 spiro atoms. The molecular formula is C28H56NO6P. The normalized spacial score (nSPS) is 17.7. The Labute approximate surface area is 221 Å². The highest BCUT2D eigenvalue weighted by molar-refractivity contribution is 7.52. The zero-order valence-corrected chi connectivity index (χ0v) is 24.5. The van der Waals surface area contributed by atoms with Crippen LogP contribution in [0.3, 0.4) is 0 Å². The van der Waals surface area contributed by atoms with Gasteiger partial charge in [0.25, 0.3) is 0 Å². The second-order valence-electron chi connectivity index (χ2n) is 10.8. The Balaban J connectivity index is 2.08. The molecule has 1 aliphatic heterocycles. The van der Waals surface area contributed by atoms with E-state index in [1.165, 1.54) is 84.0 Å². The van der Waals surface area contributed by atoms with Crippen molar-refractivity contribution in [3.8, 4) is 0 Å². The van der Waals surface area contributed by atoms with Crippen LogP contribution in [0.1, 0.15) is 117 Å². The molecule has 1 aliphatic rings. The molecular weight excluding hydrogens is 477 g/mol. The Bertz CT molecular complexity index is 584. The van der Waals surface area contributed by atoms with Gasteiger partial charge >= 0.3 is 13.6 Å². The van der Waals surface area contributed by atoms with Gasteiger partial charge in [0, 0.05) is 20.1 Å². The smallest absolute Gasteiger partial charge is 0.329 e. The fourth-order valence-electron chi connectivity index (χ4n) is 4.71. The van der Waals surface area contributed by atoms with E-state index in [9.17, 15) is 14.3 Å². The van der Waals surface area contributed by atoms with E-state index in [1.54, 1.807) is 0 Å². The van der Waals surface area contributed by atoms with Crippen molar-refractivity contribution in [2.24, 2.45) is 5.92 Å². The first kappa shape index (κ1) is 33.6. The van der Waals surface area contributed by atoms with Gasteiger partial charge in [-0.3, -0.25) is 9.36 Å². The highest BCUT2D eigenvalue weighted by atomic mass is 31.2. The third kappa shape index (κ3) is 19.6. The van der Waals surface area contributed by atoms with Crippen LogP contribution in [0.25, 0.3) is 0 Å². The van der Waals surface area contributed by atoms with E-state index < -0.39 is 19.7 Å². The summed E-state index contributed by atoms with van der Waals surface area (Å²) in [5.41, 5.74) is 0. The molecule has 1 rings (SSSR count). The summed E-state index contributed by atoms with van der Waals surface area (Å²) in [5.74, 6) is -0.0157. The molecule has 7 nitrogen and oxygen atoms in total. The number of rotatable bonds is 24. The van der Waals surface area contributed by atoms with E-state index in [1.807, 2.05) is 0 Å². The molecule has 1 saturated heterocycles. The number of carbonyl (C=O) groups is 1. The molecule has 0 radical (unpaired) electrons. The number of esters is 1. The average molecular weight is 534 g/mol. The van der Waals surface area contributed by atoms with Crippen LogP contribution in [0.15, 0.2) is 0 Å². The van der Waals surface area contributed by atoms with E-state index in [-0.39, 0.29) is 19.4 Å². The minimum Gasteiger partial charge on any atom is -0.458 e. The van der Waals surface area contributed by atoms with Gasteiger partial charge in [-0.15, -0.1) is 0 Å². The lowest BCUT2D eigenvalue weighted by Gasteiger charge is -2.21. The monoisotopic (exact) mass is 533 g/mol. The molecule has 0 aromatic rings. The number of hydrogen-bond acceptors (Lipinski definition) is 6. The summed E-state index contributed by atoms with van der Waals surface area (Å²) < 4.78 is 28.7. The van der Waals surface area contributed by atoms with Crippen molar-refractivity contribution in [2.45, 2.75) is 123 Å². The summed E-state index contributed by atoms with van der Waals surface area (Å²) in [7, 11) is -3.72. The lowest BCUT2D eigenvalue weighted by molar-refractivity contribution is -0.151. The minimum atomic E-state index is -3.72. The van der Waals surface area contributed by atoms with E-state index in [4.69, 9.17) is 14.0 Å².